The van der Waals surface area contributed by atoms with Crippen molar-refractivity contribution in [3.8, 4) is 0 Å². The van der Waals surface area contributed by atoms with Crippen molar-refractivity contribution in [1.29, 1.82) is 0 Å². The van der Waals surface area contributed by atoms with Crippen LogP contribution in [0, 0.1) is 3.01 Å². The standard InChI is InChI=1S/C8H11IN2S/c9-8-11-10-7(12-8)6-4-2-1-3-5-6/h6H,1-5H2. The predicted octanol–water partition coefficient (Wildman–Crippen LogP) is 3.19. The van der Waals surface area contributed by atoms with Crippen molar-refractivity contribution in [1.82, 2.24) is 10.2 Å². The summed E-state index contributed by atoms with van der Waals surface area (Å²) in [6.45, 7) is 0. The lowest BCUT2D eigenvalue weighted by Gasteiger charge is -2.18. The molecule has 1 aliphatic rings. The molecule has 0 radical (unpaired) electrons. The van der Waals surface area contributed by atoms with Crippen LogP contribution in [0.25, 0.3) is 0 Å². The van der Waals surface area contributed by atoms with E-state index in [2.05, 4.69) is 32.8 Å². The minimum atomic E-state index is 0.722. The highest BCUT2D eigenvalue weighted by atomic mass is 127. The van der Waals surface area contributed by atoms with Gasteiger partial charge in [-0.1, -0.05) is 30.6 Å². The molecule has 2 nitrogen and oxygen atoms in total. The monoisotopic (exact) mass is 294 g/mol. The van der Waals surface area contributed by atoms with Crippen LogP contribution >= 0.6 is 33.9 Å². The van der Waals surface area contributed by atoms with E-state index in [4.69, 9.17) is 0 Å². The van der Waals surface area contributed by atoms with Crippen molar-refractivity contribution in [3.05, 3.63) is 8.02 Å². The van der Waals surface area contributed by atoms with Gasteiger partial charge in [-0.2, -0.15) is 0 Å². The molecule has 1 saturated carbocycles. The van der Waals surface area contributed by atoms with Gasteiger partial charge in [-0.25, -0.2) is 0 Å². The van der Waals surface area contributed by atoms with Crippen LogP contribution in [-0.4, -0.2) is 10.2 Å². The van der Waals surface area contributed by atoms with Crippen molar-refractivity contribution in [2.24, 2.45) is 0 Å². The zero-order valence-electron chi connectivity index (χ0n) is 6.79. The number of aromatic nitrogens is 2. The molecule has 1 heterocycles. The van der Waals surface area contributed by atoms with Crippen LogP contribution in [0.3, 0.4) is 0 Å². The molecule has 1 aliphatic carbocycles. The Morgan fingerprint density at radius 2 is 1.92 bits per heavy atom. The molecule has 1 aromatic heterocycles. The first-order valence-electron chi connectivity index (χ1n) is 4.35. The first-order chi connectivity index (χ1) is 5.86. The minimum Gasteiger partial charge on any atom is -0.142 e. The molecule has 1 aromatic rings. The number of rotatable bonds is 1. The molecule has 0 aromatic carbocycles. The number of halogens is 1. The Balaban J connectivity index is 2.08. The summed E-state index contributed by atoms with van der Waals surface area (Å²) in [5.41, 5.74) is 0. The summed E-state index contributed by atoms with van der Waals surface area (Å²) in [6.07, 6.45) is 6.81. The summed E-state index contributed by atoms with van der Waals surface area (Å²) in [4.78, 5) is 0. The molecule has 2 rings (SSSR count). The van der Waals surface area contributed by atoms with Gasteiger partial charge in [-0.15, -0.1) is 10.2 Å². The molecule has 0 N–H and O–H groups in total. The summed E-state index contributed by atoms with van der Waals surface area (Å²) in [5, 5.41) is 9.51. The van der Waals surface area contributed by atoms with Gasteiger partial charge in [0.2, 0.25) is 0 Å². The summed E-state index contributed by atoms with van der Waals surface area (Å²) in [7, 11) is 0. The second kappa shape index (κ2) is 4.00. The highest BCUT2D eigenvalue weighted by molar-refractivity contribution is 14.1. The van der Waals surface area contributed by atoms with Crippen LogP contribution in [0.1, 0.15) is 43.0 Å². The summed E-state index contributed by atoms with van der Waals surface area (Å²) in [6, 6.07) is 0. The zero-order chi connectivity index (χ0) is 8.39. The molecule has 0 amide bonds. The number of hydrogen-bond donors (Lipinski definition) is 0. The van der Waals surface area contributed by atoms with Crippen LogP contribution in [0.15, 0.2) is 0 Å². The fourth-order valence-corrected chi connectivity index (χ4v) is 3.25. The predicted molar refractivity (Wildman–Crippen MR) is 58.5 cm³/mol. The smallest absolute Gasteiger partial charge is 0.142 e. The van der Waals surface area contributed by atoms with E-state index in [-0.39, 0.29) is 0 Å². The Morgan fingerprint density at radius 1 is 1.17 bits per heavy atom. The van der Waals surface area contributed by atoms with E-state index in [1.165, 1.54) is 37.1 Å². The Kier molecular flexibility index (Phi) is 2.96. The first-order valence-corrected chi connectivity index (χ1v) is 6.24. The molecule has 0 bridgehead atoms. The molecule has 1 fully saturated rings. The van der Waals surface area contributed by atoms with Gasteiger partial charge >= 0.3 is 0 Å². The van der Waals surface area contributed by atoms with Gasteiger partial charge in [-0.05, 0) is 35.4 Å². The van der Waals surface area contributed by atoms with Gasteiger partial charge in [0, 0.05) is 5.92 Å². The second-order valence-electron chi connectivity index (χ2n) is 3.23. The van der Waals surface area contributed by atoms with E-state index in [1.54, 1.807) is 11.3 Å². The number of hydrogen-bond acceptors (Lipinski definition) is 3. The van der Waals surface area contributed by atoms with Gasteiger partial charge in [0.05, 0.1) is 0 Å². The Hall–Kier alpha value is 0.290. The number of nitrogens with zero attached hydrogens (tertiary/aromatic N) is 2. The van der Waals surface area contributed by atoms with E-state index >= 15 is 0 Å². The lowest BCUT2D eigenvalue weighted by Crippen LogP contribution is -2.03. The molecular weight excluding hydrogens is 283 g/mol. The van der Waals surface area contributed by atoms with Crippen molar-refractivity contribution < 1.29 is 0 Å². The summed E-state index contributed by atoms with van der Waals surface area (Å²) < 4.78 is 1.08. The molecular formula is C8H11IN2S. The molecule has 0 aliphatic heterocycles. The Labute approximate surface area is 89.9 Å². The van der Waals surface area contributed by atoms with Gasteiger partial charge in [0.1, 0.15) is 5.01 Å². The Morgan fingerprint density at radius 3 is 2.50 bits per heavy atom. The van der Waals surface area contributed by atoms with Crippen LogP contribution in [-0.2, 0) is 0 Å². The fraction of sp³-hybridized carbons (Fsp3) is 0.750. The average Bonchev–Trinajstić information content (AvgIpc) is 2.54. The molecule has 0 spiro atoms. The van der Waals surface area contributed by atoms with Crippen LogP contribution in [0.5, 0.6) is 0 Å². The maximum absolute atomic E-state index is 4.20. The van der Waals surface area contributed by atoms with E-state index in [0.717, 1.165) is 8.93 Å². The van der Waals surface area contributed by atoms with E-state index in [9.17, 15) is 0 Å². The summed E-state index contributed by atoms with van der Waals surface area (Å²) >= 11 is 4.00. The first kappa shape index (κ1) is 8.87. The van der Waals surface area contributed by atoms with Crippen LogP contribution in [0.4, 0.5) is 0 Å². The van der Waals surface area contributed by atoms with Crippen LogP contribution < -0.4 is 0 Å². The molecule has 0 atom stereocenters. The van der Waals surface area contributed by atoms with E-state index < -0.39 is 0 Å². The quantitative estimate of drug-likeness (QED) is 0.743. The van der Waals surface area contributed by atoms with Crippen LogP contribution in [0.2, 0.25) is 0 Å². The average molecular weight is 294 g/mol. The minimum absolute atomic E-state index is 0.722. The van der Waals surface area contributed by atoms with E-state index in [0.29, 0.717) is 0 Å². The molecule has 66 valence electrons. The second-order valence-corrected chi connectivity index (χ2v) is 5.99. The molecule has 0 unspecified atom stereocenters. The summed E-state index contributed by atoms with van der Waals surface area (Å²) in [5.74, 6) is 0.722. The van der Waals surface area contributed by atoms with Gasteiger partial charge < -0.3 is 0 Å². The highest BCUT2D eigenvalue weighted by Crippen LogP contribution is 2.34. The normalized spacial score (nSPS) is 19.8. The van der Waals surface area contributed by atoms with Crippen molar-refractivity contribution in [2.75, 3.05) is 0 Å². The fourth-order valence-electron chi connectivity index (χ4n) is 1.73. The third-order valence-electron chi connectivity index (χ3n) is 2.37. The zero-order valence-corrected chi connectivity index (χ0v) is 9.77. The van der Waals surface area contributed by atoms with Crippen molar-refractivity contribution in [2.45, 2.75) is 38.0 Å². The highest BCUT2D eigenvalue weighted by Gasteiger charge is 2.18. The van der Waals surface area contributed by atoms with Crippen molar-refractivity contribution in [3.63, 3.8) is 0 Å². The molecule has 0 saturated heterocycles. The third kappa shape index (κ3) is 1.96. The SMILES string of the molecule is Ic1nnc(C2CCCCC2)s1. The van der Waals surface area contributed by atoms with Gasteiger partial charge in [-0.3, -0.25) is 0 Å². The topological polar surface area (TPSA) is 25.8 Å². The third-order valence-corrected chi connectivity index (χ3v) is 4.12. The molecule has 4 heteroatoms. The maximum Gasteiger partial charge on any atom is 0.178 e. The molecule has 12 heavy (non-hydrogen) atoms. The lowest BCUT2D eigenvalue weighted by molar-refractivity contribution is 0.440. The lowest BCUT2D eigenvalue weighted by atomic mass is 9.90. The Bertz CT molecular complexity index is 255. The maximum atomic E-state index is 4.20. The largest absolute Gasteiger partial charge is 0.178 e. The van der Waals surface area contributed by atoms with E-state index in [1.807, 2.05) is 0 Å². The van der Waals surface area contributed by atoms with Gasteiger partial charge in [0.15, 0.2) is 3.01 Å². The van der Waals surface area contributed by atoms with Crippen molar-refractivity contribution >= 4 is 33.9 Å². The van der Waals surface area contributed by atoms with Gasteiger partial charge in [0.25, 0.3) is 0 Å².